The van der Waals surface area contributed by atoms with Crippen LogP contribution in [0.4, 0.5) is 0 Å². The van der Waals surface area contributed by atoms with Crippen LogP contribution in [-0.2, 0) is 6.61 Å². The second-order valence-electron chi connectivity index (χ2n) is 6.69. The SMILES string of the molecule is O=C(O)c1ccc(-n2c(=O)n(C(=O)c3c(Cl)cccc3Cl)c3cc(CO)ccc32)cc1. The van der Waals surface area contributed by atoms with Crippen molar-refractivity contribution in [2.45, 2.75) is 6.61 Å². The Morgan fingerprint density at radius 3 is 2.13 bits per heavy atom. The summed E-state index contributed by atoms with van der Waals surface area (Å²) in [7, 11) is 0. The summed E-state index contributed by atoms with van der Waals surface area (Å²) in [4.78, 5) is 37.9. The zero-order chi connectivity index (χ0) is 22.3. The monoisotopic (exact) mass is 456 g/mol. The number of carboxylic acids is 1. The summed E-state index contributed by atoms with van der Waals surface area (Å²) in [6, 6.07) is 15.0. The Morgan fingerprint density at radius 1 is 0.903 bits per heavy atom. The van der Waals surface area contributed by atoms with E-state index in [0.29, 0.717) is 16.8 Å². The number of nitrogens with zero attached hydrogens (tertiary/aromatic N) is 2. The number of aromatic nitrogens is 2. The van der Waals surface area contributed by atoms with Crippen molar-refractivity contribution in [3.63, 3.8) is 0 Å². The molecule has 9 heteroatoms. The van der Waals surface area contributed by atoms with E-state index in [1.807, 2.05) is 0 Å². The molecule has 0 saturated carbocycles. The average molecular weight is 457 g/mol. The molecule has 0 aliphatic rings. The number of hydrogen-bond donors (Lipinski definition) is 2. The zero-order valence-corrected chi connectivity index (χ0v) is 17.3. The van der Waals surface area contributed by atoms with Gasteiger partial charge in [-0.2, -0.15) is 0 Å². The lowest BCUT2D eigenvalue weighted by molar-refractivity contribution is 0.0696. The number of hydrogen-bond acceptors (Lipinski definition) is 4. The van der Waals surface area contributed by atoms with Crippen LogP contribution in [0.3, 0.4) is 0 Å². The summed E-state index contributed by atoms with van der Waals surface area (Å²) in [6.45, 7) is -0.288. The number of halogens is 2. The van der Waals surface area contributed by atoms with Crippen molar-refractivity contribution < 1.29 is 19.8 Å². The van der Waals surface area contributed by atoms with Gasteiger partial charge in [0.05, 0.1) is 44.5 Å². The number of imidazole rings is 1. The predicted octanol–water partition coefficient (Wildman–Crippen LogP) is 3.98. The van der Waals surface area contributed by atoms with Gasteiger partial charge in [-0.15, -0.1) is 0 Å². The van der Waals surface area contributed by atoms with Crippen LogP contribution in [0, 0.1) is 0 Å². The number of benzene rings is 3. The second kappa shape index (κ2) is 8.03. The first kappa shape index (κ1) is 20.9. The Balaban J connectivity index is 2.02. The summed E-state index contributed by atoms with van der Waals surface area (Å²) in [6.07, 6.45) is 0. The summed E-state index contributed by atoms with van der Waals surface area (Å²) in [5.74, 6) is -1.82. The van der Waals surface area contributed by atoms with Crippen LogP contribution >= 0.6 is 23.2 Å². The molecular weight excluding hydrogens is 443 g/mol. The molecule has 7 nitrogen and oxygen atoms in total. The topological polar surface area (TPSA) is 102 Å². The largest absolute Gasteiger partial charge is 0.478 e. The van der Waals surface area contributed by atoms with Crippen molar-refractivity contribution in [2.24, 2.45) is 0 Å². The molecule has 1 heterocycles. The fourth-order valence-corrected chi connectivity index (χ4v) is 3.91. The molecule has 0 radical (unpaired) electrons. The highest BCUT2D eigenvalue weighted by atomic mass is 35.5. The molecule has 0 bridgehead atoms. The van der Waals surface area contributed by atoms with Gasteiger partial charge in [-0.05, 0) is 54.1 Å². The molecule has 4 rings (SSSR count). The Labute approximate surface area is 185 Å². The van der Waals surface area contributed by atoms with Crippen LogP contribution in [0.2, 0.25) is 10.0 Å². The van der Waals surface area contributed by atoms with E-state index in [-0.39, 0.29) is 33.3 Å². The number of aliphatic hydroxyl groups excluding tert-OH is 1. The summed E-state index contributed by atoms with van der Waals surface area (Å²) >= 11 is 12.4. The maximum Gasteiger partial charge on any atom is 0.340 e. The van der Waals surface area contributed by atoms with E-state index < -0.39 is 17.6 Å². The molecule has 0 aliphatic heterocycles. The molecule has 3 aromatic carbocycles. The van der Waals surface area contributed by atoms with Gasteiger partial charge in [0, 0.05) is 0 Å². The van der Waals surface area contributed by atoms with Crippen LogP contribution in [0.1, 0.15) is 26.3 Å². The molecule has 0 aliphatic carbocycles. The number of rotatable bonds is 4. The van der Waals surface area contributed by atoms with Gasteiger partial charge in [0.1, 0.15) is 0 Å². The lowest BCUT2D eigenvalue weighted by atomic mass is 10.1. The molecule has 1 aromatic heterocycles. The molecular formula is C22H14Cl2N2O5. The van der Waals surface area contributed by atoms with E-state index in [9.17, 15) is 19.5 Å². The van der Waals surface area contributed by atoms with E-state index in [2.05, 4.69) is 0 Å². The van der Waals surface area contributed by atoms with Crippen LogP contribution in [0.15, 0.2) is 65.5 Å². The minimum atomic E-state index is -1.10. The highest BCUT2D eigenvalue weighted by Gasteiger charge is 2.24. The minimum Gasteiger partial charge on any atom is -0.478 e. The maximum atomic E-state index is 13.4. The van der Waals surface area contributed by atoms with Crippen LogP contribution < -0.4 is 5.69 Å². The van der Waals surface area contributed by atoms with Crippen molar-refractivity contribution in [1.82, 2.24) is 9.13 Å². The van der Waals surface area contributed by atoms with Crippen molar-refractivity contribution in [1.29, 1.82) is 0 Å². The highest BCUT2D eigenvalue weighted by molar-refractivity contribution is 6.39. The number of aromatic carboxylic acids is 1. The predicted molar refractivity (Wildman–Crippen MR) is 117 cm³/mol. The van der Waals surface area contributed by atoms with Gasteiger partial charge < -0.3 is 10.2 Å². The molecule has 0 spiro atoms. The minimum absolute atomic E-state index is 0.0254. The lowest BCUT2D eigenvalue weighted by Gasteiger charge is -2.07. The first-order valence-electron chi connectivity index (χ1n) is 9.03. The maximum absolute atomic E-state index is 13.4. The van der Waals surface area contributed by atoms with Gasteiger partial charge in [0.2, 0.25) is 0 Å². The molecule has 0 fully saturated rings. The van der Waals surface area contributed by atoms with E-state index in [1.165, 1.54) is 47.0 Å². The third-order valence-electron chi connectivity index (χ3n) is 4.84. The highest BCUT2D eigenvalue weighted by Crippen LogP contribution is 2.27. The van der Waals surface area contributed by atoms with E-state index in [1.54, 1.807) is 18.2 Å². The number of aliphatic hydroxyl groups is 1. The van der Waals surface area contributed by atoms with Gasteiger partial charge in [-0.3, -0.25) is 9.36 Å². The first-order chi connectivity index (χ1) is 14.8. The molecule has 0 amide bonds. The number of carboxylic acid groups (broad SMARTS) is 1. The number of fused-ring (bicyclic) bond motifs is 1. The third-order valence-corrected chi connectivity index (χ3v) is 5.47. The second-order valence-corrected chi connectivity index (χ2v) is 7.50. The summed E-state index contributed by atoms with van der Waals surface area (Å²) < 4.78 is 2.22. The Kier molecular flexibility index (Phi) is 5.41. The molecule has 2 N–H and O–H groups in total. The van der Waals surface area contributed by atoms with Gasteiger partial charge >= 0.3 is 11.7 Å². The van der Waals surface area contributed by atoms with E-state index >= 15 is 0 Å². The fraction of sp³-hybridized carbons (Fsp3) is 0.0455. The molecule has 0 saturated heterocycles. The molecule has 4 aromatic rings. The van der Waals surface area contributed by atoms with Crippen LogP contribution in [-0.4, -0.2) is 31.2 Å². The first-order valence-corrected chi connectivity index (χ1v) is 9.78. The van der Waals surface area contributed by atoms with Crippen LogP contribution in [0.25, 0.3) is 16.7 Å². The quantitative estimate of drug-likeness (QED) is 0.483. The van der Waals surface area contributed by atoms with E-state index in [0.717, 1.165) is 4.57 Å². The Bertz CT molecular complexity index is 1380. The lowest BCUT2D eigenvalue weighted by Crippen LogP contribution is -2.29. The van der Waals surface area contributed by atoms with Gasteiger partial charge in [-0.25, -0.2) is 14.2 Å². The van der Waals surface area contributed by atoms with Crippen molar-refractivity contribution in [3.05, 3.63) is 97.9 Å². The molecule has 0 atom stereocenters. The fourth-order valence-electron chi connectivity index (χ4n) is 3.35. The number of carbonyl (C=O) groups excluding carboxylic acids is 1. The molecule has 156 valence electrons. The number of carbonyl (C=O) groups is 2. The van der Waals surface area contributed by atoms with Gasteiger partial charge in [0.25, 0.3) is 5.91 Å². The Hall–Kier alpha value is -3.39. The van der Waals surface area contributed by atoms with E-state index in [4.69, 9.17) is 28.3 Å². The van der Waals surface area contributed by atoms with Crippen molar-refractivity contribution >= 4 is 46.1 Å². The standard InChI is InChI=1S/C22H14Cl2N2O5/c23-15-2-1-3-16(24)19(15)20(28)26-18-10-12(11-27)4-9-17(18)25(22(26)31)14-7-5-13(6-8-14)21(29)30/h1-10,27H,11H2,(H,29,30). The third kappa shape index (κ3) is 3.53. The summed E-state index contributed by atoms with van der Waals surface area (Å²) in [5.41, 5.74) is 0.853. The van der Waals surface area contributed by atoms with Gasteiger partial charge in [-0.1, -0.05) is 35.3 Å². The molecule has 0 unspecified atom stereocenters. The smallest absolute Gasteiger partial charge is 0.340 e. The van der Waals surface area contributed by atoms with Crippen molar-refractivity contribution in [3.8, 4) is 5.69 Å². The summed E-state index contributed by atoms with van der Waals surface area (Å²) in [5, 5.41) is 18.8. The van der Waals surface area contributed by atoms with Gasteiger partial charge in [0.15, 0.2) is 0 Å². The molecule has 31 heavy (non-hydrogen) atoms. The zero-order valence-electron chi connectivity index (χ0n) is 15.8. The van der Waals surface area contributed by atoms with Crippen LogP contribution in [0.5, 0.6) is 0 Å². The Morgan fingerprint density at radius 2 is 1.55 bits per heavy atom. The normalized spacial score (nSPS) is 11.1. The van der Waals surface area contributed by atoms with Crippen molar-refractivity contribution in [2.75, 3.05) is 0 Å². The average Bonchev–Trinajstić information content (AvgIpc) is 3.04.